The van der Waals surface area contributed by atoms with Crippen molar-refractivity contribution >= 4 is 33.6 Å². The Morgan fingerprint density at radius 1 is 1.04 bits per heavy atom. The van der Waals surface area contributed by atoms with Crippen LogP contribution < -0.4 is 10.9 Å². The molecule has 0 atom stereocenters. The lowest BCUT2D eigenvalue weighted by Gasteiger charge is -2.12. The Kier molecular flexibility index (Phi) is 8.43. The van der Waals surface area contributed by atoms with E-state index in [1.54, 1.807) is 6.33 Å². The lowest BCUT2D eigenvalue weighted by Crippen LogP contribution is -2.41. The first-order chi connectivity index (χ1) is 12.6. The van der Waals surface area contributed by atoms with Gasteiger partial charge in [0.25, 0.3) is 0 Å². The van der Waals surface area contributed by atoms with Gasteiger partial charge < -0.3 is 4.98 Å². The second kappa shape index (κ2) is 10.8. The molecule has 1 aromatic heterocycles. The zero-order chi connectivity index (χ0) is 18.8. The van der Waals surface area contributed by atoms with Crippen LogP contribution >= 0.6 is 15.9 Å². The highest BCUT2D eigenvalue weighted by atomic mass is 79.9. The van der Waals surface area contributed by atoms with Crippen LogP contribution in [0.2, 0.25) is 6.32 Å². The molecule has 0 aliphatic carbocycles. The molecule has 0 amide bonds. The quantitative estimate of drug-likeness (QED) is 0.582. The summed E-state index contributed by atoms with van der Waals surface area (Å²) < 4.78 is 1.19. The Morgan fingerprint density at radius 2 is 1.58 bits per heavy atom. The number of aromatic nitrogens is 2. The van der Waals surface area contributed by atoms with Gasteiger partial charge in [0.15, 0.2) is 0 Å². The minimum absolute atomic E-state index is 0.430. The standard InChI is InChI=1S/C16H16BBr.C6H10N2/c1-14(18)12-13-17(15-8-4-2-5-9-15)16-10-6-3-7-11-16;1-5(2)6-3-7-4-8-6/h2-12H,13H2,1H3;3-5H,1-2H3,(H,7,8). The number of nitrogens with zero attached hydrogens (tertiary/aromatic N) is 1. The first-order valence-corrected chi connectivity index (χ1v) is 9.77. The molecule has 26 heavy (non-hydrogen) atoms. The Morgan fingerprint density at radius 3 is 1.92 bits per heavy atom. The number of imidazole rings is 1. The number of allylic oxidation sites excluding steroid dienone is 2. The second-order valence-corrected chi connectivity index (χ2v) is 7.81. The van der Waals surface area contributed by atoms with Crippen LogP contribution in [0.4, 0.5) is 0 Å². The third kappa shape index (κ3) is 6.68. The fraction of sp³-hybridized carbons (Fsp3) is 0.227. The molecule has 0 fully saturated rings. The molecule has 0 spiro atoms. The normalized spacial score (nSPS) is 11.0. The third-order valence-electron chi connectivity index (χ3n) is 4.18. The van der Waals surface area contributed by atoms with Crippen molar-refractivity contribution in [2.24, 2.45) is 0 Å². The average molecular weight is 409 g/mol. The van der Waals surface area contributed by atoms with E-state index in [4.69, 9.17) is 0 Å². The Bertz CT molecular complexity index is 725. The number of nitrogens with one attached hydrogen (secondary N) is 1. The van der Waals surface area contributed by atoms with Crippen molar-refractivity contribution in [1.82, 2.24) is 9.97 Å². The van der Waals surface area contributed by atoms with Crippen molar-refractivity contribution in [1.29, 1.82) is 0 Å². The van der Waals surface area contributed by atoms with Gasteiger partial charge in [-0.05, 0) is 23.6 Å². The van der Waals surface area contributed by atoms with Crippen LogP contribution in [0.15, 0.2) is 83.7 Å². The van der Waals surface area contributed by atoms with Crippen LogP contribution in [0.25, 0.3) is 0 Å². The SMILES string of the molecule is CC(Br)=CCB(c1ccccc1)c1ccccc1.CC(C)c1cnc[nH]1. The van der Waals surface area contributed by atoms with Gasteiger partial charge in [-0.25, -0.2) is 4.98 Å². The highest BCUT2D eigenvalue weighted by molar-refractivity contribution is 9.11. The number of benzene rings is 2. The van der Waals surface area contributed by atoms with E-state index in [-0.39, 0.29) is 0 Å². The summed E-state index contributed by atoms with van der Waals surface area (Å²) in [6.07, 6.45) is 6.82. The smallest absolute Gasteiger partial charge is 0.213 e. The van der Waals surface area contributed by atoms with E-state index < -0.39 is 0 Å². The van der Waals surface area contributed by atoms with Crippen LogP contribution in [-0.4, -0.2) is 16.7 Å². The molecule has 0 bridgehead atoms. The Balaban J connectivity index is 0.000000254. The molecular formula is C22H26BBrN2. The lowest BCUT2D eigenvalue weighted by molar-refractivity contribution is 0.832. The highest BCUT2D eigenvalue weighted by Crippen LogP contribution is 2.08. The fourth-order valence-corrected chi connectivity index (χ4v) is 2.88. The van der Waals surface area contributed by atoms with Crippen LogP contribution in [0.3, 0.4) is 0 Å². The monoisotopic (exact) mass is 408 g/mol. The molecule has 2 aromatic carbocycles. The van der Waals surface area contributed by atoms with Crippen molar-refractivity contribution in [3.63, 3.8) is 0 Å². The summed E-state index contributed by atoms with van der Waals surface area (Å²) in [4.78, 5) is 6.91. The van der Waals surface area contributed by atoms with Gasteiger partial charge >= 0.3 is 0 Å². The predicted octanol–water partition coefficient (Wildman–Crippen LogP) is 5.13. The fourth-order valence-electron chi connectivity index (χ4n) is 2.70. The van der Waals surface area contributed by atoms with E-state index in [2.05, 4.69) is 113 Å². The van der Waals surface area contributed by atoms with Crippen molar-refractivity contribution in [2.45, 2.75) is 33.0 Å². The third-order valence-corrected chi connectivity index (χ3v) is 4.50. The van der Waals surface area contributed by atoms with Crippen molar-refractivity contribution in [2.75, 3.05) is 0 Å². The first-order valence-electron chi connectivity index (χ1n) is 8.98. The van der Waals surface area contributed by atoms with E-state index >= 15 is 0 Å². The number of hydrogen-bond acceptors (Lipinski definition) is 1. The molecule has 0 unspecified atom stereocenters. The number of hydrogen-bond donors (Lipinski definition) is 1. The van der Waals surface area contributed by atoms with Gasteiger partial charge in [0.05, 0.1) is 6.33 Å². The topological polar surface area (TPSA) is 28.7 Å². The van der Waals surface area contributed by atoms with Gasteiger partial charge in [0.1, 0.15) is 0 Å². The summed E-state index contributed by atoms with van der Waals surface area (Å²) in [5, 5.41) is 0. The number of aromatic amines is 1. The van der Waals surface area contributed by atoms with Crippen molar-refractivity contribution in [3.05, 3.63) is 89.4 Å². The average Bonchev–Trinajstić information content (AvgIpc) is 3.19. The minimum atomic E-state index is 0.430. The maximum Gasteiger partial charge on any atom is 0.213 e. The summed E-state index contributed by atoms with van der Waals surface area (Å²) in [5.41, 5.74) is 3.94. The van der Waals surface area contributed by atoms with Gasteiger partial charge in [0.2, 0.25) is 6.71 Å². The highest BCUT2D eigenvalue weighted by Gasteiger charge is 2.16. The maximum absolute atomic E-state index is 3.89. The lowest BCUT2D eigenvalue weighted by atomic mass is 9.39. The first kappa shape index (κ1) is 20.2. The number of rotatable bonds is 5. The molecule has 3 aromatic rings. The summed E-state index contributed by atoms with van der Waals surface area (Å²) >= 11 is 3.51. The summed E-state index contributed by atoms with van der Waals surface area (Å²) in [6, 6.07) is 21.4. The summed E-state index contributed by atoms with van der Waals surface area (Å²) in [6.45, 7) is 6.77. The minimum Gasteiger partial charge on any atom is -0.348 e. The molecule has 0 aliphatic heterocycles. The van der Waals surface area contributed by atoms with Crippen LogP contribution in [0, 0.1) is 0 Å². The number of halogens is 1. The molecule has 4 heteroatoms. The molecule has 0 radical (unpaired) electrons. The molecule has 3 rings (SSSR count). The van der Waals surface area contributed by atoms with Crippen LogP contribution in [-0.2, 0) is 0 Å². The Hall–Kier alpha value is -2.07. The molecular weight excluding hydrogens is 383 g/mol. The predicted molar refractivity (Wildman–Crippen MR) is 118 cm³/mol. The van der Waals surface area contributed by atoms with Gasteiger partial charge in [-0.15, -0.1) is 0 Å². The van der Waals surface area contributed by atoms with E-state index in [0.717, 1.165) is 6.32 Å². The maximum atomic E-state index is 3.89. The van der Waals surface area contributed by atoms with Gasteiger partial charge in [0, 0.05) is 11.9 Å². The van der Waals surface area contributed by atoms with Crippen molar-refractivity contribution < 1.29 is 0 Å². The van der Waals surface area contributed by atoms with E-state index in [0.29, 0.717) is 12.6 Å². The van der Waals surface area contributed by atoms with Crippen molar-refractivity contribution in [3.8, 4) is 0 Å². The largest absolute Gasteiger partial charge is 0.348 e. The molecule has 1 heterocycles. The van der Waals surface area contributed by atoms with E-state index in [1.807, 2.05) is 6.20 Å². The molecule has 0 aliphatic rings. The zero-order valence-corrected chi connectivity index (χ0v) is 17.3. The molecule has 0 saturated heterocycles. The van der Waals surface area contributed by atoms with Gasteiger partial charge in [-0.3, -0.25) is 0 Å². The molecule has 1 N–H and O–H groups in total. The summed E-state index contributed by atoms with van der Waals surface area (Å²) in [5.74, 6) is 0.567. The molecule has 134 valence electrons. The van der Waals surface area contributed by atoms with E-state index in [1.165, 1.54) is 21.1 Å². The molecule has 2 nitrogen and oxygen atoms in total. The number of H-pyrrole nitrogens is 1. The van der Waals surface area contributed by atoms with Crippen LogP contribution in [0.5, 0.6) is 0 Å². The van der Waals surface area contributed by atoms with Gasteiger partial charge in [-0.1, -0.05) is 107 Å². The molecule has 0 saturated carbocycles. The van der Waals surface area contributed by atoms with E-state index in [9.17, 15) is 0 Å². The van der Waals surface area contributed by atoms with Crippen LogP contribution in [0.1, 0.15) is 32.4 Å². The van der Waals surface area contributed by atoms with Gasteiger partial charge in [-0.2, -0.15) is 0 Å². The summed E-state index contributed by atoms with van der Waals surface area (Å²) in [7, 11) is 0. The zero-order valence-electron chi connectivity index (χ0n) is 15.7. The Labute approximate surface area is 166 Å². The second-order valence-electron chi connectivity index (χ2n) is 6.56.